The second kappa shape index (κ2) is 13.8. The Labute approximate surface area is 193 Å². The molecule has 0 bridgehead atoms. The van der Waals surface area contributed by atoms with Crippen LogP contribution in [0.2, 0.25) is 0 Å². The summed E-state index contributed by atoms with van der Waals surface area (Å²) in [6, 6.07) is 6.91. The first kappa shape index (κ1) is 27.5. The average molecular weight is 448 g/mol. The van der Waals surface area contributed by atoms with Crippen molar-refractivity contribution in [3.63, 3.8) is 0 Å². The highest BCUT2D eigenvalue weighted by Gasteiger charge is 2.31. The van der Waals surface area contributed by atoms with Gasteiger partial charge in [0.05, 0.1) is 0 Å². The number of amides is 3. The third-order valence-electron chi connectivity index (χ3n) is 4.85. The molecule has 1 aromatic carbocycles. The fraction of sp³-hybridized carbons (Fsp3) is 0.640. The molecule has 1 atom stereocenters. The number of aryl methyl sites for hydroxylation is 1. The van der Waals surface area contributed by atoms with Crippen LogP contribution < -0.4 is 10.6 Å². The van der Waals surface area contributed by atoms with Crippen molar-refractivity contribution in [1.82, 2.24) is 15.5 Å². The third kappa shape index (κ3) is 10.2. The Balaban J connectivity index is 3.13. The van der Waals surface area contributed by atoms with Crippen LogP contribution in [-0.2, 0) is 14.3 Å². The number of hydrogen-bond acceptors (Lipinski definition) is 4. The van der Waals surface area contributed by atoms with E-state index >= 15 is 0 Å². The van der Waals surface area contributed by atoms with Crippen LogP contribution in [0.25, 0.3) is 0 Å². The van der Waals surface area contributed by atoms with E-state index in [2.05, 4.69) is 24.5 Å². The van der Waals surface area contributed by atoms with E-state index < -0.39 is 17.7 Å². The highest BCUT2D eigenvalue weighted by atomic mass is 16.6. The van der Waals surface area contributed by atoms with Gasteiger partial charge in [-0.3, -0.25) is 9.59 Å². The van der Waals surface area contributed by atoms with Gasteiger partial charge in [-0.1, -0.05) is 62.9 Å². The molecular formula is C25H41N3O4. The van der Waals surface area contributed by atoms with E-state index in [0.717, 1.165) is 43.2 Å². The predicted molar refractivity (Wildman–Crippen MR) is 127 cm³/mol. The zero-order valence-electron chi connectivity index (χ0n) is 20.6. The molecule has 180 valence electrons. The van der Waals surface area contributed by atoms with Crippen molar-refractivity contribution >= 4 is 17.9 Å². The van der Waals surface area contributed by atoms with Crippen molar-refractivity contribution in [3.05, 3.63) is 35.4 Å². The van der Waals surface area contributed by atoms with Crippen LogP contribution in [0.5, 0.6) is 0 Å². The minimum Gasteiger partial charge on any atom is -0.444 e. The number of benzene rings is 1. The van der Waals surface area contributed by atoms with Crippen LogP contribution in [0, 0.1) is 6.92 Å². The van der Waals surface area contributed by atoms with Gasteiger partial charge in [-0.25, -0.2) is 4.79 Å². The van der Waals surface area contributed by atoms with Gasteiger partial charge in [-0.05, 0) is 46.1 Å². The summed E-state index contributed by atoms with van der Waals surface area (Å²) in [4.78, 5) is 40.1. The minimum atomic E-state index is -0.753. The molecule has 0 saturated heterocycles. The normalized spacial score (nSPS) is 12.1. The Bertz CT molecular complexity index is 743. The molecule has 0 aliphatic heterocycles. The van der Waals surface area contributed by atoms with Gasteiger partial charge in [-0.2, -0.15) is 0 Å². The standard InChI is InChI=1S/C25H41N3O4/c1-7-9-11-16-28(21(29)18-27-24(31)32-25(4,5)6)22(23(30)26-15-10-8-2)20-14-12-13-19(3)17-20/h12-14,17,22H,7-11,15-16,18H2,1-6H3,(H,26,30)(H,27,31). The maximum Gasteiger partial charge on any atom is 0.408 e. The Hall–Kier alpha value is -2.57. The molecule has 0 radical (unpaired) electrons. The number of hydrogen-bond donors (Lipinski definition) is 2. The molecular weight excluding hydrogens is 406 g/mol. The van der Waals surface area contributed by atoms with Crippen LogP contribution in [0.4, 0.5) is 4.79 Å². The van der Waals surface area contributed by atoms with E-state index in [1.54, 1.807) is 25.7 Å². The highest BCUT2D eigenvalue weighted by molar-refractivity contribution is 5.90. The van der Waals surface area contributed by atoms with E-state index in [-0.39, 0.29) is 18.4 Å². The lowest BCUT2D eigenvalue weighted by molar-refractivity contribution is -0.140. The molecule has 32 heavy (non-hydrogen) atoms. The number of carbonyl (C=O) groups is 3. The summed E-state index contributed by atoms with van der Waals surface area (Å²) < 4.78 is 5.24. The summed E-state index contributed by atoms with van der Waals surface area (Å²) in [7, 11) is 0. The van der Waals surface area contributed by atoms with Crippen LogP contribution in [0.1, 0.15) is 83.9 Å². The summed E-state index contributed by atoms with van der Waals surface area (Å²) in [6.07, 6.45) is 3.90. The minimum absolute atomic E-state index is 0.203. The first-order valence-corrected chi connectivity index (χ1v) is 11.7. The number of alkyl carbamates (subject to hydrolysis) is 1. The molecule has 0 aliphatic carbocycles. The van der Waals surface area contributed by atoms with Gasteiger partial charge in [0, 0.05) is 13.1 Å². The molecule has 0 aromatic heterocycles. The second-order valence-corrected chi connectivity index (χ2v) is 9.11. The number of unbranched alkanes of at least 4 members (excludes halogenated alkanes) is 3. The molecule has 0 aliphatic rings. The van der Waals surface area contributed by atoms with Gasteiger partial charge < -0.3 is 20.3 Å². The Morgan fingerprint density at radius 2 is 1.72 bits per heavy atom. The maximum atomic E-state index is 13.2. The summed E-state index contributed by atoms with van der Waals surface area (Å²) in [5.41, 5.74) is 1.12. The van der Waals surface area contributed by atoms with Crippen molar-refractivity contribution in [2.24, 2.45) is 0 Å². The lowest BCUT2D eigenvalue weighted by Crippen LogP contribution is -2.48. The molecule has 2 N–H and O–H groups in total. The average Bonchev–Trinajstić information content (AvgIpc) is 2.70. The topological polar surface area (TPSA) is 87.7 Å². The smallest absolute Gasteiger partial charge is 0.408 e. The van der Waals surface area contributed by atoms with Gasteiger partial charge in [0.25, 0.3) is 0 Å². The molecule has 0 saturated carbocycles. The van der Waals surface area contributed by atoms with Crippen molar-refractivity contribution in [2.75, 3.05) is 19.6 Å². The predicted octanol–water partition coefficient (Wildman–Crippen LogP) is 4.50. The molecule has 0 spiro atoms. The van der Waals surface area contributed by atoms with E-state index in [1.165, 1.54) is 0 Å². The Morgan fingerprint density at radius 1 is 1.03 bits per heavy atom. The van der Waals surface area contributed by atoms with Gasteiger partial charge >= 0.3 is 6.09 Å². The van der Waals surface area contributed by atoms with E-state index in [1.807, 2.05) is 31.2 Å². The van der Waals surface area contributed by atoms with Crippen LogP contribution >= 0.6 is 0 Å². The summed E-state index contributed by atoms with van der Waals surface area (Å²) in [5, 5.41) is 5.51. The molecule has 7 nitrogen and oxygen atoms in total. The van der Waals surface area contributed by atoms with Gasteiger partial charge in [0.2, 0.25) is 11.8 Å². The zero-order valence-corrected chi connectivity index (χ0v) is 20.6. The molecule has 1 unspecified atom stereocenters. The molecule has 1 rings (SSSR count). The molecule has 3 amide bonds. The van der Waals surface area contributed by atoms with Gasteiger partial charge in [0.1, 0.15) is 18.2 Å². The molecule has 0 heterocycles. The summed E-state index contributed by atoms with van der Waals surface area (Å²) >= 11 is 0. The molecule has 1 aromatic rings. The fourth-order valence-electron chi connectivity index (χ4n) is 3.29. The summed E-state index contributed by atoms with van der Waals surface area (Å²) in [5.74, 6) is -0.518. The first-order valence-electron chi connectivity index (χ1n) is 11.7. The van der Waals surface area contributed by atoms with Crippen LogP contribution in [0.3, 0.4) is 0 Å². The number of nitrogens with zero attached hydrogens (tertiary/aromatic N) is 1. The van der Waals surface area contributed by atoms with Crippen LogP contribution in [0.15, 0.2) is 24.3 Å². The Morgan fingerprint density at radius 3 is 2.31 bits per heavy atom. The SMILES string of the molecule is CCCCCN(C(=O)CNC(=O)OC(C)(C)C)C(C(=O)NCCCC)c1cccc(C)c1. The Kier molecular flexibility index (Phi) is 11.8. The lowest BCUT2D eigenvalue weighted by atomic mass is 10.0. The fourth-order valence-corrected chi connectivity index (χ4v) is 3.29. The molecule has 7 heteroatoms. The summed E-state index contributed by atoms with van der Waals surface area (Å²) in [6.45, 7) is 12.2. The molecule has 0 fully saturated rings. The van der Waals surface area contributed by atoms with E-state index in [4.69, 9.17) is 4.74 Å². The highest BCUT2D eigenvalue weighted by Crippen LogP contribution is 2.23. The third-order valence-corrected chi connectivity index (χ3v) is 4.85. The van der Waals surface area contributed by atoms with Gasteiger partial charge in [0.15, 0.2) is 0 Å². The maximum absolute atomic E-state index is 13.2. The lowest BCUT2D eigenvalue weighted by Gasteiger charge is -2.32. The van der Waals surface area contributed by atoms with Crippen LogP contribution in [-0.4, -0.2) is 48.0 Å². The number of rotatable bonds is 12. The van der Waals surface area contributed by atoms with Crippen molar-refractivity contribution in [1.29, 1.82) is 0 Å². The van der Waals surface area contributed by atoms with Gasteiger partial charge in [-0.15, -0.1) is 0 Å². The number of nitrogens with one attached hydrogen (secondary N) is 2. The van der Waals surface area contributed by atoms with E-state index in [9.17, 15) is 14.4 Å². The number of carbonyl (C=O) groups excluding carboxylic acids is 3. The van der Waals surface area contributed by atoms with E-state index in [0.29, 0.717) is 13.1 Å². The largest absolute Gasteiger partial charge is 0.444 e. The first-order chi connectivity index (χ1) is 15.1. The van der Waals surface area contributed by atoms with Crippen molar-refractivity contribution in [3.8, 4) is 0 Å². The van der Waals surface area contributed by atoms with Crippen molar-refractivity contribution in [2.45, 2.75) is 85.3 Å². The zero-order chi connectivity index (χ0) is 24.1. The number of ether oxygens (including phenoxy) is 1. The quantitative estimate of drug-likeness (QED) is 0.462. The second-order valence-electron chi connectivity index (χ2n) is 9.11. The monoisotopic (exact) mass is 447 g/mol. The van der Waals surface area contributed by atoms with Crippen molar-refractivity contribution < 1.29 is 19.1 Å².